The van der Waals surface area contributed by atoms with Crippen LogP contribution in [0.2, 0.25) is 0 Å². The summed E-state index contributed by atoms with van der Waals surface area (Å²) in [6.07, 6.45) is 2.95. The van der Waals surface area contributed by atoms with Gasteiger partial charge in [-0.05, 0) is 24.5 Å². The molecule has 0 aromatic heterocycles. The van der Waals surface area contributed by atoms with E-state index in [0.29, 0.717) is 18.1 Å². The lowest BCUT2D eigenvalue weighted by molar-refractivity contribution is -0.192. The van der Waals surface area contributed by atoms with Crippen molar-refractivity contribution < 1.29 is 9.47 Å². The summed E-state index contributed by atoms with van der Waals surface area (Å²) in [4.78, 5) is 2.46. The van der Waals surface area contributed by atoms with Gasteiger partial charge in [0.15, 0.2) is 0 Å². The first-order chi connectivity index (χ1) is 11.7. The number of fused-ring (bicyclic) bond motifs is 1. The molecule has 0 amide bonds. The molecule has 24 heavy (non-hydrogen) atoms. The summed E-state index contributed by atoms with van der Waals surface area (Å²) >= 11 is 0. The van der Waals surface area contributed by atoms with Gasteiger partial charge < -0.3 is 19.7 Å². The van der Waals surface area contributed by atoms with Crippen molar-refractivity contribution in [3.63, 3.8) is 0 Å². The normalized spacial score (nSPS) is 32.1. The Balaban J connectivity index is 1.44. The van der Waals surface area contributed by atoms with Crippen LogP contribution in [0.15, 0.2) is 24.3 Å². The minimum Gasteiger partial charge on any atom is -0.378 e. The highest BCUT2D eigenvalue weighted by molar-refractivity contribution is 5.54. The van der Waals surface area contributed by atoms with Crippen molar-refractivity contribution in [2.45, 2.75) is 45.4 Å². The Morgan fingerprint density at radius 1 is 1.17 bits per heavy atom. The Morgan fingerprint density at radius 2 is 1.96 bits per heavy atom. The monoisotopic (exact) mass is 330 g/mol. The van der Waals surface area contributed by atoms with E-state index in [0.717, 1.165) is 39.5 Å². The zero-order chi connectivity index (χ0) is 16.6. The van der Waals surface area contributed by atoms with Gasteiger partial charge in [0.05, 0.1) is 19.3 Å². The lowest BCUT2D eigenvalue weighted by Gasteiger charge is -2.60. The minimum absolute atomic E-state index is 0.235. The van der Waals surface area contributed by atoms with Crippen molar-refractivity contribution in [3.8, 4) is 0 Å². The van der Waals surface area contributed by atoms with Crippen LogP contribution in [0.4, 0.5) is 5.69 Å². The maximum atomic E-state index is 6.03. The van der Waals surface area contributed by atoms with Gasteiger partial charge in [-0.15, -0.1) is 0 Å². The second-order valence-corrected chi connectivity index (χ2v) is 8.01. The van der Waals surface area contributed by atoms with Crippen molar-refractivity contribution in [3.05, 3.63) is 29.8 Å². The molecule has 2 heterocycles. The third-order valence-corrected chi connectivity index (χ3v) is 6.19. The number of para-hydroxylation sites is 1. The van der Waals surface area contributed by atoms with E-state index in [4.69, 9.17) is 9.47 Å². The molecule has 1 saturated carbocycles. The number of anilines is 1. The van der Waals surface area contributed by atoms with Crippen LogP contribution in [0.1, 0.15) is 32.3 Å². The molecule has 3 fully saturated rings. The lowest BCUT2D eigenvalue weighted by atomic mass is 9.55. The highest BCUT2D eigenvalue weighted by atomic mass is 16.5. The van der Waals surface area contributed by atoms with Gasteiger partial charge >= 0.3 is 0 Å². The van der Waals surface area contributed by atoms with Gasteiger partial charge in [-0.2, -0.15) is 0 Å². The molecule has 1 aromatic carbocycles. The van der Waals surface area contributed by atoms with Crippen LogP contribution < -0.4 is 10.2 Å². The maximum absolute atomic E-state index is 6.03. The molecule has 2 saturated heterocycles. The van der Waals surface area contributed by atoms with E-state index >= 15 is 0 Å². The summed E-state index contributed by atoms with van der Waals surface area (Å²) in [5.74, 6) is 0.685. The lowest BCUT2D eigenvalue weighted by Crippen LogP contribution is -2.69. The Labute approximate surface area is 145 Å². The second kappa shape index (κ2) is 6.66. The van der Waals surface area contributed by atoms with Crippen molar-refractivity contribution >= 4 is 5.69 Å². The number of benzene rings is 1. The average molecular weight is 330 g/mol. The fourth-order valence-electron chi connectivity index (χ4n) is 4.93. The summed E-state index contributed by atoms with van der Waals surface area (Å²) in [5, 5.41) is 3.87. The number of nitrogens with zero attached hydrogens (tertiary/aromatic N) is 1. The fraction of sp³-hybridized carbons (Fsp3) is 0.700. The molecular weight excluding hydrogens is 300 g/mol. The quantitative estimate of drug-likeness (QED) is 0.920. The average Bonchev–Trinajstić information content (AvgIpc) is 2.63. The predicted molar refractivity (Wildman–Crippen MR) is 96.3 cm³/mol. The summed E-state index contributed by atoms with van der Waals surface area (Å²) < 4.78 is 11.5. The summed E-state index contributed by atoms with van der Waals surface area (Å²) in [7, 11) is 0. The van der Waals surface area contributed by atoms with Gasteiger partial charge in [0.2, 0.25) is 0 Å². The van der Waals surface area contributed by atoms with Crippen LogP contribution in [-0.2, 0) is 16.0 Å². The van der Waals surface area contributed by atoms with Crippen molar-refractivity contribution in [1.29, 1.82) is 0 Å². The van der Waals surface area contributed by atoms with Gasteiger partial charge in [0.1, 0.15) is 0 Å². The maximum Gasteiger partial charge on any atom is 0.0684 e. The first-order valence-corrected chi connectivity index (χ1v) is 9.43. The van der Waals surface area contributed by atoms with Gasteiger partial charge in [-0.25, -0.2) is 0 Å². The molecule has 1 N–H and O–H groups in total. The molecule has 0 bridgehead atoms. The third-order valence-electron chi connectivity index (χ3n) is 6.19. The van der Waals surface area contributed by atoms with E-state index in [-0.39, 0.29) is 5.41 Å². The first-order valence-electron chi connectivity index (χ1n) is 9.43. The topological polar surface area (TPSA) is 33.7 Å². The molecular formula is C20H30N2O2. The van der Waals surface area contributed by atoms with Gasteiger partial charge in [-0.3, -0.25) is 0 Å². The largest absolute Gasteiger partial charge is 0.378 e. The van der Waals surface area contributed by atoms with Crippen molar-refractivity contribution in [1.82, 2.24) is 5.32 Å². The Bertz CT molecular complexity index is 569. The Morgan fingerprint density at radius 3 is 2.79 bits per heavy atom. The van der Waals surface area contributed by atoms with E-state index in [1.807, 2.05) is 0 Å². The Hall–Kier alpha value is -1.10. The molecule has 0 unspecified atom stereocenters. The molecule has 0 radical (unpaired) electrons. The molecule has 4 nitrogen and oxygen atoms in total. The summed E-state index contributed by atoms with van der Waals surface area (Å²) in [6, 6.07) is 9.37. The third kappa shape index (κ3) is 2.85. The molecule has 132 valence electrons. The van der Waals surface area contributed by atoms with Crippen LogP contribution in [0.5, 0.6) is 0 Å². The molecule has 0 spiro atoms. The van der Waals surface area contributed by atoms with Crippen LogP contribution in [0.3, 0.4) is 0 Å². The first kappa shape index (κ1) is 16.4. The molecule has 4 heteroatoms. The number of hydrogen-bond donors (Lipinski definition) is 1. The van der Waals surface area contributed by atoms with Gasteiger partial charge in [0.25, 0.3) is 0 Å². The fourth-order valence-corrected chi connectivity index (χ4v) is 4.93. The SMILES string of the molecule is CC1(C)[C@H](NCc2ccccc2N2CCOCC2)[C@@H]2CCCO[C@H]21. The number of ether oxygens (including phenoxy) is 2. The Kier molecular flexibility index (Phi) is 4.54. The standard InChI is InChI=1S/C20H30N2O2/c1-20(2)18(16-7-5-11-24-19(16)20)21-14-15-6-3-4-8-17(15)22-9-12-23-13-10-22/h3-4,6,8,16,18-19,21H,5,7,9-14H2,1-2H3/t16-,18+,19+/m0/s1. The number of nitrogens with one attached hydrogen (secondary N) is 1. The second-order valence-electron chi connectivity index (χ2n) is 8.01. The van der Waals surface area contributed by atoms with E-state index < -0.39 is 0 Å². The van der Waals surface area contributed by atoms with E-state index in [2.05, 4.69) is 48.3 Å². The number of morpholine rings is 1. The van der Waals surface area contributed by atoms with Crippen LogP contribution >= 0.6 is 0 Å². The molecule has 1 aromatic rings. The zero-order valence-corrected chi connectivity index (χ0v) is 15.0. The highest BCUT2D eigenvalue weighted by Gasteiger charge is 2.57. The van der Waals surface area contributed by atoms with Gasteiger partial charge in [-0.1, -0.05) is 32.0 Å². The zero-order valence-electron chi connectivity index (χ0n) is 15.0. The van der Waals surface area contributed by atoms with Gasteiger partial charge in [0, 0.05) is 49.3 Å². The highest BCUT2D eigenvalue weighted by Crippen LogP contribution is 2.51. The van der Waals surface area contributed by atoms with E-state index in [1.54, 1.807) is 0 Å². The predicted octanol–water partition coefficient (Wildman–Crippen LogP) is 2.82. The van der Waals surface area contributed by atoms with Crippen LogP contribution in [-0.4, -0.2) is 45.1 Å². The minimum atomic E-state index is 0.235. The smallest absolute Gasteiger partial charge is 0.0684 e. The molecule has 4 rings (SSSR count). The molecule has 2 aliphatic heterocycles. The van der Waals surface area contributed by atoms with Crippen LogP contribution in [0, 0.1) is 11.3 Å². The van der Waals surface area contributed by atoms with E-state index in [1.165, 1.54) is 24.1 Å². The van der Waals surface area contributed by atoms with Crippen molar-refractivity contribution in [2.75, 3.05) is 37.8 Å². The summed E-state index contributed by atoms with van der Waals surface area (Å²) in [5.41, 5.74) is 3.00. The van der Waals surface area contributed by atoms with Crippen molar-refractivity contribution in [2.24, 2.45) is 11.3 Å². The van der Waals surface area contributed by atoms with Crippen LogP contribution in [0.25, 0.3) is 0 Å². The number of rotatable bonds is 4. The molecule has 3 aliphatic rings. The summed E-state index contributed by atoms with van der Waals surface area (Å²) in [6.45, 7) is 10.2. The molecule has 3 atom stereocenters. The van der Waals surface area contributed by atoms with E-state index in [9.17, 15) is 0 Å². The molecule has 1 aliphatic carbocycles. The number of hydrogen-bond acceptors (Lipinski definition) is 4.